The van der Waals surface area contributed by atoms with Crippen LogP contribution in [0, 0.1) is 11.1 Å². The number of guanidine groups is 1. The summed E-state index contributed by atoms with van der Waals surface area (Å²) in [4.78, 5) is 3.60. The Morgan fingerprint density at radius 3 is 2.42 bits per heavy atom. The maximum Gasteiger partial charge on any atom is 0.289 e. The van der Waals surface area contributed by atoms with Gasteiger partial charge >= 0.3 is 0 Å². The number of rotatable bonds is 1. The molecular formula is C5H6ClN5O. The van der Waals surface area contributed by atoms with Crippen molar-refractivity contribution in [1.82, 2.24) is 0 Å². The summed E-state index contributed by atoms with van der Waals surface area (Å²) < 4.78 is 4.79. The third kappa shape index (κ3) is 2.59. The van der Waals surface area contributed by atoms with Crippen molar-refractivity contribution in [2.24, 2.45) is 15.2 Å². The van der Waals surface area contributed by atoms with Gasteiger partial charge in [0.1, 0.15) is 0 Å². The first kappa shape index (κ1) is 10.4. The van der Waals surface area contributed by atoms with Gasteiger partial charge < -0.3 is 4.42 Å². The van der Waals surface area contributed by atoms with Crippen LogP contribution in [0.25, 0.3) is 0 Å². The zero-order chi connectivity index (χ0) is 8.10. The topological polar surface area (TPSA) is 97.9 Å². The Hall–Kier alpha value is -1.56. The standard InChI is InChI=1S/C5H5N5O.ClH/c6-9-5(10-7)8-4-2-1-3-11-4;/h1-3,6-7H;1H. The Balaban J connectivity index is 0.00000121. The average Bonchev–Trinajstić information content (AvgIpc) is 2.52. The van der Waals surface area contributed by atoms with Crippen LogP contribution in [0.5, 0.6) is 0 Å². The van der Waals surface area contributed by atoms with Gasteiger partial charge in [0, 0.05) is 6.07 Å². The van der Waals surface area contributed by atoms with Crippen molar-refractivity contribution in [2.45, 2.75) is 0 Å². The minimum Gasteiger partial charge on any atom is -0.447 e. The molecule has 1 aromatic heterocycles. The Kier molecular flexibility index (Phi) is 4.47. The van der Waals surface area contributed by atoms with Gasteiger partial charge in [-0.1, -0.05) is 0 Å². The van der Waals surface area contributed by atoms with Crippen LogP contribution in [0.3, 0.4) is 0 Å². The summed E-state index contributed by atoms with van der Waals surface area (Å²) >= 11 is 0. The quantitative estimate of drug-likeness (QED) is 0.394. The van der Waals surface area contributed by atoms with Crippen LogP contribution in [0.4, 0.5) is 5.88 Å². The van der Waals surface area contributed by atoms with Gasteiger partial charge in [-0.3, -0.25) is 0 Å². The largest absolute Gasteiger partial charge is 0.447 e. The number of halogens is 1. The van der Waals surface area contributed by atoms with E-state index in [4.69, 9.17) is 15.5 Å². The first-order valence-corrected chi connectivity index (χ1v) is 2.74. The lowest BCUT2D eigenvalue weighted by Crippen LogP contribution is -1.81. The molecule has 0 aliphatic rings. The molecule has 0 fully saturated rings. The summed E-state index contributed by atoms with van der Waals surface area (Å²) in [6.45, 7) is 0. The van der Waals surface area contributed by atoms with E-state index in [0.717, 1.165) is 0 Å². The Morgan fingerprint density at radius 2 is 2.00 bits per heavy atom. The molecule has 0 amide bonds. The minimum absolute atomic E-state index is 0. The van der Waals surface area contributed by atoms with E-state index in [1.165, 1.54) is 6.26 Å². The van der Waals surface area contributed by atoms with Gasteiger partial charge in [0.15, 0.2) is 0 Å². The third-order valence-electron chi connectivity index (χ3n) is 0.916. The summed E-state index contributed by atoms with van der Waals surface area (Å²) in [5, 5.41) is 5.73. The fraction of sp³-hybridized carbons (Fsp3) is 0. The summed E-state index contributed by atoms with van der Waals surface area (Å²) in [5.41, 5.74) is 13.0. The highest BCUT2D eigenvalue weighted by atomic mass is 35.5. The van der Waals surface area contributed by atoms with Crippen molar-refractivity contribution in [3.63, 3.8) is 0 Å². The number of nitrogens with one attached hydrogen (secondary N) is 2. The highest BCUT2D eigenvalue weighted by molar-refractivity contribution is 5.85. The molecule has 12 heavy (non-hydrogen) atoms. The maximum absolute atomic E-state index is 6.50. The Labute approximate surface area is 74.1 Å². The minimum atomic E-state index is -0.236. The lowest BCUT2D eigenvalue weighted by atomic mass is 10.6. The maximum atomic E-state index is 6.50. The molecule has 0 bridgehead atoms. The van der Waals surface area contributed by atoms with E-state index in [-0.39, 0.29) is 24.3 Å². The molecule has 0 saturated carbocycles. The zero-order valence-electron chi connectivity index (χ0n) is 5.89. The number of hydrogen-bond acceptors (Lipinski definition) is 4. The van der Waals surface area contributed by atoms with Crippen molar-refractivity contribution in [3.05, 3.63) is 18.4 Å². The summed E-state index contributed by atoms with van der Waals surface area (Å²) in [5.74, 6) is 0.0481. The van der Waals surface area contributed by atoms with E-state index in [1.54, 1.807) is 12.1 Å². The van der Waals surface area contributed by atoms with Crippen LogP contribution in [-0.2, 0) is 0 Å². The van der Waals surface area contributed by atoms with E-state index in [1.807, 2.05) is 0 Å². The van der Waals surface area contributed by atoms with Crippen LogP contribution in [0.1, 0.15) is 0 Å². The SMILES string of the molecule is Cl.N=NC(N=N)=Nc1ccco1. The third-order valence-corrected chi connectivity index (χ3v) is 0.916. The van der Waals surface area contributed by atoms with Crippen LogP contribution < -0.4 is 0 Å². The predicted octanol–water partition coefficient (Wildman–Crippen LogP) is 2.75. The molecule has 0 aliphatic carbocycles. The molecule has 0 unspecified atom stereocenters. The summed E-state index contributed by atoms with van der Waals surface area (Å²) in [6, 6.07) is 3.22. The van der Waals surface area contributed by atoms with Gasteiger partial charge in [0.05, 0.1) is 6.26 Å². The molecule has 0 radical (unpaired) electrons. The van der Waals surface area contributed by atoms with E-state index < -0.39 is 0 Å². The second-order valence-corrected chi connectivity index (χ2v) is 1.59. The molecule has 64 valence electrons. The number of aliphatic imine (C=N–C) groups is 1. The summed E-state index contributed by atoms with van der Waals surface area (Å²) in [6.07, 6.45) is 1.43. The van der Waals surface area contributed by atoms with Gasteiger partial charge in [-0.15, -0.1) is 22.6 Å². The molecule has 0 aromatic carbocycles. The summed E-state index contributed by atoms with van der Waals surface area (Å²) in [7, 11) is 0. The molecule has 1 aromatic rings. The number of nitrogens with zero attached hydrogens (tertiary/aromatic N) is 3. The van der Waals surface area contributed by atoms with E-state index >= 15 is 0 Å². The van der Waals surface area contributed by atoms with Gasteiger partial charge in [0.2, 0.25) is 5.88 Å². The molecule has 0 spiro atoms. The highest BCUT2D eigenvalue weighted by Crippen LogP contribution is 2.11. The molecule has 1 rings (SSSR count). The number of hydrogen-bond donors (Lipinski definition) is 2. The lowest BCUT2D eigenvalue weighted by molar-refractivity contribution is 0.577. The molecule has 6 nitrogen and oxygen atoms in total. The monoisotopic (exact) mass is 187 g/mol. The molecule has 0 atom stereocenters. The van der Waals surface area contributed by atoms with Crippen LogP contribution >= 0.6 is 12.4 Å². The predicted molar refractivity (Wildman–Crippen MR) is 43.3 cm³/mol. The first-order chi connectivity index (χ1) is 5.36. The normalized spacial score (nSPS) is 8.00. The average molecular weight is 188 g/mol. The van der Waals surface area contributed by atoms with Gasteiger partial charge in [-0.05, 0) is 6.07 Å². The van der Waals surface area contributed by atoms with Crippen molar-refractivity contribution in [3.8, 4) is 0 Å². The Bertz CT molecular complexity index is 270. The molecule has 0 saturated heterocycles. The van der Waals surface area contributed by atoms with Crippen molar-refractivity contribution < 1.29 is 4.42 Å². The second-order valence-electron chi connectivity index (χ2n) is 1.59. The van der Waals surface area contributed by atoms with Crippen LogP contribution in [0.15, 0.2) is 38.0 Å². The molecule has 1 heterocycles. The van der Waals surface area contributed by atoms with Gasteiger partial charge in [-0.25, -0.2) is 11.1 Å². The second kappa shape index (κ2) is 5.14. The van der Waals surface area contributed by atoms with Gasteiger partial charge in [-0.2, -0.15) is 4.99 Å². The van der Waals surface area contributed by atoms with Crippen molar-refractivity contribution in [1.29, 1.82) is 11.1 Å². The number of furan rings is 1. The fourth-order valence-electron chi connectivity index (χ4n) is 0.507. The van der Waals surface area contributed by atoms with E-state index in [2.05, 4.69) is 15.2 Å². The fourth-order valence-corrected chi connectivity index (χ4v) is 0.507. The highest BCUT2D eigenvalue weighted by Gasteiger charge is 1.94. The molecule has 2 N–H and O–H groups in total. The molecule has 7 heteroatoms. The van der Waals surface area contributed by atoms with Gasteiger partial charge in [0.25, 0.3) is 5.96 Å². The van der Waals surface area contributed by atoms with E-state index in [0.29, 0.717) is 0 Å². The lowest BCUT2D eigenvalue weighted by Gasteiger charge is -1.83. The van der Waals surface area contributed by atoms with Crippen LogP contribution in [-0.4, -0.2) is 5.96 Å². The van der Waals surface area contributed by atoms with E-state index in [9.17, 15) is 0 Å². The smallest absolute Gasteiger partial charge is 0.289 e. The zero-order valence-corrected chi connectivity index (χ0v) is 6.71. The van der Waals surface area contributed by atoms with Crippen molar-refractivity contribution in [2.75, 3.05) is 0 Å². The molecule has 0 aliphatic heterocycles. The first-order valence-electron chi connectivity index (χ1n) is 2.74. The Morgan fingerprint density at radius 1 is 1.33 bits per heavy atom. The van der Waals surface area contributed by atoms with Crippen LogP contribution in [0.2, 0.25) is 0 Å². The van der Waals surface area contributed by atoms with Crippen molar-refractivity contribution >= 4 is 24.3 Å². The molecular weight excluding hydrogens is 182 g/mol.